The molecule has 31 heavy (non-hydrogen) atoms. The van der Waals surface area contributed by atoms with Crippen LogP contribution in [0.4, 0.5) is 5.82 Å². The lowest BCUT2D eigenvalue weighted by Crippen LogP contribution is -2.27. The summed E-state index contributed by atoms with van der Waals surface area (Å²) in [4.78, 5) is 21.6. The summed E-state index contributed by atoms with van der Waals surface area (Å²) in [6.45, 7) is 3.77. The van der Waals surface area contributed by atoms with Gasteiger partial charge in [0.15, 0.2) is 22.3 Å². The number of hydrogen-bond acceptors (Lipinski definition) is 8. The summed E-state index contributed by atoms with van der Waals surface area (Å²) in [5, 5.41) is 16.0. The van der Waals surface area contributed by atoms with Crippen molar-refractivity contribution < 1.29 is 9.32 Å². The van der Waals surface area contributed by atoms with Crippen LogP contribution in [0.5, 0.6) is 0 Å². The Hall–Kier alpha value is -3.40. The molecule has 1 amide bonds. The molecule has 0 bridgehead atoms. The van der Waals surface area contributed by atoms with Crippen molar-refractivity contribution in [2.75, 3.05) is 24.7 Å². The number of thioether (sulfide) groups is 1. The molecular weight excluding hydrogens is 414 g/mol. The smallest absolute Gasteiger partial charge is 0.273 e. The van der Waals surface area contributed by atoms with Crippen LogP contribution in [-0.2, 0) is 6.54 Å². The van der Waals surface area contributed by atoms with Crippen molar-refractivity contribution in [2.45, 2.75) is 25.0 Å². The van der Waals surface area contributed by atoms with E-state index in [-0.39, 0.29) is 11.6 Å². The maximum absolute atomic E-state index is 12.5. The zero-order valence-corrected chi connectivity index (χ0v) is 18.1. The van der Waals surface area contributed by atoms with E-state index in [4.69, 9.17) is 4.52 Å². The van der Waals surface area contributed by atoms with E-state index in [0.717, 1.165) is 35.4 Å². The fourth-order valence-corrected chi connectivity index (χ4v) is 3.42. The van der Waals surface area contributed by atoms with Crippen molar-refractivity contribution in [1.29, 1.82) is 0 Å². The lowest BCUT2D eigenvalue weighted by molar-refractivity contribution is 0.0943. The van der Waals surface area contributed by atoms with Gasteiger partial charge in [0.1, 0.15) is 5.82 Å². The Morgan fingerprint density at radius 3 is 2.81 bits per heavy atom. The third-order valence-corrected chi connectivity index (χ3v) is 5.16. The Bertz CT molecular complexity index is 1170. The second kappa shape index (κ2) is 9.61. The minimum atomic E-state index is -0.299. The maximum atomic E-state index is 12.5. The predicted octanol–water partition coefficient (Wildman–Crippen LogP) is 3.46. The minimum Gasteiger partial charge on any atom is -0.369 e. The van der Waals surface area contributed by atoms with E-state index in [1.54, 1.807) is 16.9 Å². The summed E-state index contributed by atoms with van der Waals surface area (Å²) in [6.07, 6.45) is 4.69. The number of nitrogens with zero attached hydrogens (tertiary/aromatic N) is 5. The summed E-state index contributed by atoms with van der Waals surface area (Å²) in [5.74, 6) is 1.03. The minimum absolute atomic E-state index is 0.238. The number of fused-ring (bicyclic) bond motifs is 1. The predicted molar refractivity (Wildman–Crippen MR) is 120 cm³/mol. The van der Waals surface area contributed by atoms with Gasteiger partial charge in [0, 0.05) is 24.7 Å². The highest BCUT2D eigenvalue weighted by molar-refractivity contribution is 7.98. The Kier molecular flexibility index (Phi) is 6.46. The fraction of sp³-hybridized carbons (Fsp3) is 0.286. The molecule has 0 atom stereocenters. The van der Waals surface area contributed by atoms with Gasteiger partial charge in [-0.05, 0) is 12.7 Å². The molecule has 4 rings (SSSR count). The van der Waals surface area contributed by atoms with E-state index in [1.807, 2.05) is 36.6 Å². The van der Waals surface area contributed by atoms with E-state index >= 15 is 0 Å². The molecule has 9 nitrogen and oxygen atoms in total. The van der Waals surface area contributed by atoms with E-state index < -0.39 is 0 Å². The zero-order valence-electron chi connectivity index (χ0n) is 17.3. The molecule has 10 heteroatoms. The van der Waals surface area contributed by atoms with Crippen molar-refractivity contribution in [3.8, 4) is 11.3 Å². The van der Waals surface area contributed by atoms with E-state index in [0.29, 0.717) is 24.0 Å². The van der Waals surface area contributed by atoms with Crippen molar-refractivity contribution in [1.82, 2.24) is 30.2 Å². The molecule has 160 valence electrons. The topological polar surface area (TPSA) is 111 Å². The molecule has 1 aromatic carbocycles. The van der Waals surface area contributed by atoms with Crippen LogP contribution in [-0.4, -0.2) is 50.2 Å². The lowest BCUT2D eigenvalue weighted by Gasteiger charge is -2.08. The molecule has 3 aromatic heterocycles. The third kappa shape index (κ3) is 4.69. The third-order valence-electron chi connectivity index (χ3n) is 4.61. The Morgan fingerprint density at radius 1 is 1.19 bits per heavy atom. The van der Waals surface area contributed by atoms with E-state index in [1.165, 1.54) is 11.8 Å². The first-order chi connectivity index (χ1) is 15.2. The number of benzene rings is 1. The number of rotatable bonds is 9. The zero-order chi connectivity index (χ0) is 21.6. The van der Waals surface area contributed by atoms with E-state index in [9.17, 15) is 4.79 Å². The van der Waals surface area contributed by atoms with Gasteiger partial charge in [0.25, 0.3) is 5.91 Å². The molecule has 0 aliphatic rings. The van der Waals surface area contributed by atoms with Crippen LogP contribution in [0.1, 0.15) is 23.8 Å². The van der Waals surface area contributed by atoms with Crippen LogP contribution < -0.4 is 10.6 Å². The number of carbonyl (C=O) groups excluding carboxylic acids is 1. The second-order valence-electron chi connectivity index (χ2n) is 6.79. The average molecular weight is 438 g/mol. The fourth-order valence-electron chi connectivity index (χ4n) is 3.05. The number of amides is 1. The molecule has 0 unspecified atom stereocenters. The summed E-state index contributed by atoms with van der Waals surface area (Å²) >= 11 is 1.48. The number of hydrogen-bond donors (Lipinski definition) is 2. The van der Waals surface area contributed by atoms with Gasteiger partial charge in [0.05, 0.1) is 18.1 Å². The highest BCUT2D eigenvalue weighted by Gasteiger charge is 2.15. The molecule has 0 aliphatic carbocycles. The van der Waals surface area contributed by atoms with Gasteiger partial charge in [-0.15, -0.1) is 0 Å². The van der Waals surface area contributed by atoms with Crippen LogP contribution in [0.25, 0.3) is 22.4 Å². The summed E-state index contributed by atoms with van der Waals surface area (Å²) in [6, 6.07) is 11.2. The van der Waals surface area contributed by atoms with Crippen LogP contribution in [0.15, 0.2) is 52.3 Å². The van der Waals surface area contributed by atoms with Crippen molar-refractivity contribution in [3.05, 3.63) is 48.3 Å². The van der Waals surface area contributed by atoms with Crippen LogP contribution in [0, 0.1) is 0 Å². The first-order valence-corrected chi connectivity index (χ1v) is 11.2. The standard InChI is InChI=1S/C21H23N7O2S/c1-3-9-22-18-15-13-24-28(19(15)26-21(25-18)31-2)11-10-23-20(29)16-12-17(30-27-16)14-7-5-4-6-8-14/h4-8,12-13H,3,9-11H2,1-2H3,(H,23,29)(H,22,25,26). The second-order valence-corrected chi connectivity index (χ2v) is 7.56. The first-order valence-electron chi connectivity index (χ1n) is 10.0. The Morgan fingerprint density at radius 2 is 2.03 bits per heavy atom. The normalized spacial score (nSPS) is 11.0. The summed E-state index contributed by atoms with van der Waals surface area (Å²) < 4.78 is 7.07. The monoisotopic (exact) mass is 437 g/mol. The molecule has 0 fully saturated rings. The van der Waals surface area contributed by atoms with Crippen LogP contribution >= 0.6 is 11.8 Å². The molecule has 4 aromatic rings. The van der Waals surface area contributed by atoms with Gasteiger partial charge >= 0.3 is 0 Å². The van der Waals surface area contributed by atoms with Crippen LogP contribution in [0.3, 0.4) is 0 Å². The molecular formula is C21H23N7O2S. The number of anilines is 1. The quantitative estimate of drug-likeness (QED) is 0.303. The molecule has 0 radical (unpaired) electrons. The molecule has 0 saturated carbocycles. The lowest BCUT2D eigenvalue weighted by atomic mass is 10.1. The average Bonchev–Trinajstić information content (AvgIpc) is 3.46. The van der Waals surface area contributed by atoms with Crippen LogP contribution in [0.2, 0.25) is 0 Å². The van der Waals surface area contributed by atoms with Gasteiger partial charge in [-0.1, -0.05) is 54.2 Å². The van der Waals surface area contributed by atoms with Crippen molar-refractivity contribution >= 4 is 34.5 Å². The van der Waals surface area contributed by atoms with E-state index in [2.05, 4.69) is 37.8 Å². The first kappa shape index (κ1) is 20.9. The van der Waals surface area contributed by atoms with Crippen molar-refractivity contribution in [2.24, 2.45) is 0 Å². The SMILES string of the molecule is CCCNc1nc(SC)nc2c1cnn2CCNC(=O)c1cc(-c2ccccc2)on1. The van der Waals surface area contributed by atoms with Gasteiger partial charge in [-0.3, -0.25) is 4.79 Å². The molecule has 3 heterocycles. The molecule has 2 N–H and O–H groups in total. The highest BCUT2D eigenvalue weighted by Crippen LogP contribution is 2.23. The van der Waals surface area contributed by atoms with Crippen molar-refractivity contribution in [3.63, 3.8) is 0 Å². The van der Waals surface area contributed by atoms with Gasteiger partial charge in [-0.25, -0.2) is 14.6 Å². The largest absolute Gasteiger partial charge is 0.369 e. The van der Waals surface area contributed by atoms with Gasteiger partial charge in [0.2, 0.25) is 0 Å². The highest BCUT2D eigenvalue weighted by atomic mass is 32.2. The molecule has 0 saturated heterocycles. The number of carbonyl (C=O) groups is 1. The maximum Gasteiger partial charge on any atom is 0.273 e. The number of aromatic nitrogens is 5. The number of nitrogens with one attached hydrogen (secondary N) is 2. The van der Waals surface area contributed by atoms with Gasteiger partial charge < -0.3 is 15.2 Å². The summed E-state index contributed by atoms with van der Waals surface area (Å²) in [7, 11) is 0. The Labute approximate surface area is 183 Å². The van der Waals surface area contributed by atoms with Gasteiger partial charge in [-0.2, -0.15) is 5.10 Å². The molecule has 0 aliphatic heterocycles. The summed E-state index contributed by atoms with van der Waals surface area (Å²) in [5.41, 5.74) is 1.84. The Balaban J connectivity index is 1.42. The molecule has 0 spiro atoms.